The van der Waals surface area contributed by atoms with Crippen LogP contribution in [0.2, 0.25) is 0 Å². The first-order valence-electron chi connectivity index (χ1n) is 19.8. The van der Waals surface area contributed by atoms with E-state index in [0.29, 0.717) is 13.1 Å². The highest BCUT2D eigenvalue weighted by Crippen LogP contribution is 2.20. The molecule has 0 bridgehead atoms. The molecular formula is C38H69N13O10. The summed E-state index contributed by atoms with van der Waals surface area (Å²) in [5.41, 5.74) is 6.34. The number of amides is 10. The fourth-order valence-corrected chi connectivity index (χ4v) is 5.69. The van der Waals surface area contributed by atoms with E-state index in [1.165, 1.54) is 90.0 Å². The molecule has 1 aliphatic rings. The summed E-state index contributed by atoms with van der Waals surface area (Å²) in [6.07, 6.45) is 0.507. The fraction of sp³-hybridized carbons (Fsp3) is 0.737. The molecular weight excluding hydrogens is 798 g/mol. The van der Waals surface area contributed by atoms with Gasteiger partial charge in [0.05, 0.1) is 0 Å². The average Bonchev–Trinajstić information content (AvgIpc) is 3.11. The molecule has 16 N–H and O–H groups in total. The minimum atomic E-state index is -1.72. The number of carbonyl (C=O) groups is 10. The van der Waals surface area contributed by atoms with Crippen molar-refractivity contribution < 1.29 is 47.9 Å². The van der Waals surface area contributed by atoms with Crippen LogP contribution < -0.4 is 70.4 Å². The van der Waals surface area contributed by atoms with Crippen LogP contribution in [0.25, 0.3) is 0 Å². The van der Waals surface area contributed by atoms with Crippen molar-refractivity contribution in [2.24, 2.45) is 17.2 Å². The predicted octanol–water partition coefficient (Wildman–Crippen LogP) is -5.01. The molecule has 23 heteroatoms. The summed E-state index contributed by atoms with van der Waals surface area (Å²) in [4.78, 5) is 130. The van der Waals surface area contributed by atoms with Gasteiger partial charge in [0, 0.05) is 20.0 Å². The highest BCUT2D eigenvalue weighted by molar-refractivity contribution is 6.02. The Morgan fingerprint density at radius 1 is 0.492 bits per heavy atom. The van der Waals surface area contributed by atoms with Gasteiger partial charge in [-0.25, -0.2) is 0 Å². The molecule has 1 heterocycles. The van der Waals surface area contributed by atoms with Gasteiger partial charge < -0.3 is 70.4 Å². The number of nitrogens with two attached hydrogens (primary N) is 3. The number of primary amides is 1. The Kier molecular flexibility index (Phi) is 17.5. The van der Waals surface area contributed by atoms with E-state index in [4.69, 9.17) is 17.2 Å². The first-order valence-corrected chi connectivity index (χ1v) is 19.8. The topological polar surface area (TPSA) is 369 Å². The number of hydrogen-bond acceptors (Lipinski definition) is 13. The van der Waals surface area contributed by atoms with Gasteiger partial charge in [-0.05, 0) is 109 Å². The van der Waals surface area contributed by atoms with Crippen molar-refractivity contribution in [3.8, 4) is 0 Å². The monoisotopic (exact) mass is 868 g/mol. The van der Waals surface area contributed by atoms with Gasteiger partial charge in [0.1, 0.15) is 50.9 Å². The zero-order chi connectivity index (χ0) is 47.7. The smallest absolute Gasteiger partial charge is 0.246 e. The van der Waals surface area contributed by atoms with Crippen molar-refractivity contribution >= 4 is 59.1 Å². The highest BCUT2D eigenvalue weighted by Gasteiger charge is 2.45. The summed E-state index contributed by atoms with van der Waals surface area (Å²) in [7, 11) is 0. The molecule has 61 heavy (non-hydrogen) atoms. The third-order valence-electron chi connectivity index (χ3n) is 10.0. The average molecular weight is 868 g/mol. The molecule has 1 aliphatic heterocycles. The Bertz CT molecular complexity index is 1730. The van der Waals surface area contributed by atoms with Crippen LogP contribution >= 0.6 is 0 Å². The Balaban J connectivity index is 2.96. The van der Waals surface area contributed by atoms with E-state index in [-0.39, 0.29) is 12.8 Å². The van der Waals surface area contributed by atoms with Gasteiger partial charge in [0.25, 0.3) is 0 Å². The van der Waals surface area contributed by atoms with Crippen molar-refractivity contribution in [2.45, 2.75) is 154 Å². The largest absolute Gasteiger partial charge is 0.368 e. The lowest BCUT2D eigenvalue weighted by molar-refractivity contribution is -0.141. The minimum Gasteiger partial charge on any atom is -0.368 e. The van der Waals surface area contributed by atoms with E-state index >= 15 is 0 Å². The molecule has 0 aromatic rings. The molecule has 23 nitrogen and oxygen atoms in total. The van der Waals surface area contributed by atoms with Crippen molar-refractivity contribution in [2.75, 3.05) is 26.2 Å². The maximum Gasteiger partial charge on any atom is 0.246 e. The molecule has 0 unspecified atom stereocenters. The highest BCUT2D eigenvalue weighted by atomic mass is 16.2. The fourth-order valence-electron chi connectivity index (χ4n) is 5.69. The van der Waals surface area contributed by atoms with Crippen molar-refractivity contribution in [1.82, 2.24) is 53.2 Å². The normalized spacial score (nSPS) is 15.7. The Morgan fingerprint density at radius 2 is 0.787 bits per heavy atom. The van der Waals surface area contributed by atoms with Gasteiger partial charge in [-0.3, -0.25) is 47.9 Å². The lowest BCUT2D eigenvalue weighted by Gasteiger charge is -2.39. The second kappa shape index (κ2) is 20.0. The van der Waals surface area contributed by atoms with Crippen molar-refractivity contribution in [1.29, 1.82) is 0 Å². The lowest BCUT2D eigenvalue weighted by atomic mass is 9.86. The number of nitrogens with one attached hydrogen (secondary N) is 10. The zero-order valence-electron chi connectivity index (χ0n) is 37.7. The third kappa shape index (κ3) is 14.6. The Labute approximate surface area is 356 Å². The van der Waals surface area contributed by atoms with Crippen LogP contribution in [0.3, 0.4) is 0 Å². The molecule has 0 spiro atoms. The van der Waals surface area contributed by atoms with Crippen LogP contribution in [0.15, 0.2) is 0 Å². The van der Waals surface area contributed by atoms with Crippen LogP contribution in [0.4, 0.5) is 0 Å². The number of rotatable bonds is 20. The van der Waals surface area contributed by atoms with Gasteiger partial charge in [-0.2, -0.15) is 0 Å². The minimum absolute atomic E-state index is 0.253. The summed E-state index contributed by atoms with van der Waals surface area (Å²) >= 11 is 0. The predicted molar refractivity (Wildman–Crippen MR) is 223 cm³/mol. The summed E-state index contributed by atoms with van der Waals surface area (Å²) in [5.74, 6) is -7.58. The zero-order valence-corrected chi connectivity index (χ0v) is 37.7. The summed E-state index contributed by atoms with van der Waals surface area (Å²) < 4.78 is 0. The van der Waals surface area contributed by atoms with Crippen LogP contribution in [-0.2, 0) is 47.9 Å². The molecule has 0 aromatic carbocycles. The van der Waals surface area contributed by atoms with E-state index in [2.05, 4.69) is 53.2 Å². The van der Waals surface area contributed by atoms with Crippen LogP contribution in [0.5, 0.6) is 0 Å². The van der Waals surface area contributed by atoms with E-state index in [9.17, 15) is 47.9 Å². The molecule has 0 radical (unpaired) electrons. The molecule has 1 saturated heterocycles. The maximum absolute atomic E-state index is 13.5. The van der Waals surface area contributed by atoms with E-state index in [1.54, 1.807) is 0 Å². The number of carbonyl (C=O) groups excluding carboxylic acids is 10. The van der Waals surface area contributed by atoms with E-state index in [0.717, 1.165) is 0 Å². The molecule has 0 saturated carbocycles. The maximum atomic E-state index is 13.5. The molecule has 1 rings (SSSR count). The first-order chi connectivity index (χ1) is 27.5. The Morgan fingerprint density at radius 3 is 1.08 bits per heavy atom. The van der Waals surface area contributed by atoms with Crippen LogP contribution in [0, 0.1) is 0 Å². The number of piperidine rings is 1. The molecule has 0 aliphatic carbocycles. The quantitative estimate of drug-likeness (QED) is 0.0546. The lowest BCUT2D eigenvalue weighted by Crippen LogP contribution is -2.69. The van der Waals surface area contributed by atoms with Gasteiger partial charge in [-0.1, -0.05) is 0 Å². The van der Waals surface area contributed by atoms with Gasteiger partial charge in [0.15, 0.2) is 0 Å². The van der Waals surface area contributed by atoms with Crippen molar-refractivity contribution in [3.05, 3.63) is 0 Å². The van der Waals surface area contributed by atoms with Gasteiger partial charge >= 0.3 is 0 Å². The standard InChI is InChI=1S/C38H69N13O10/c1-20(52)45-34(6,7)28(58)48-32(2,3)26(56)43-21(18-39)23(53)46-35(8,9)29(59)49-33(4,5)27(57)44-22(19-40)24(54)47-36(10,11)30(60)50-37(12,13)31(61)51-38(25(41)55)14-16-42-17-15-38/h21-22,42H,14-19,39-40H2,1-13H3,(H2,41,55)(H,43,56)(H,44,57)(H,45,52)(H,46,53)(H,47,54)(H,48,58)(H,49,59)(H,50,60)(H,51,61)/t21-,22-/m0/s1. The first kappa shape index (κ1) is 53.6. The van der Waals surface area contributed by atoms with Gasteiger partial charge in [-0.15, -0.1) is 0 Å². The van der Waals surface area contributed by atoms with Crippen LogP contribution in [0.1, 0.15) is 103 Å². The Hall–Kier alpha value is -5.42. The summed E-state index contributed by atoms with van der Waals surface area (Å²) in [6, 6.07) is -2.78. The van der Waals surface area contributed by atoms with Crippen molar-refractivity contribution in [3.63, 3.8) is 0 Å². The van der Waals surface area contributed by atoms with E-state index < -0.39 is 123 Å². The SMILES string of the molecule is CC(=O)NC(C)(C)C(=O)NC(C)(C)C(=O)N[C@@H](CN)C(=O)NC(C)(C)C(=O)NC(C)(C)C(=O)N[C@@H](CN)C(=O)NC(C)(C)C(=O)NC(C)(C)C(=O)NC1(C(N)=O)CCNCC1. The second-order valence-corrected chi connectivity index (χ2v) is 18.4. The third-order valence-corrected chi connectivity index (χ3v) is 10.0. The summed E-state index contributed by atoms with van der Waals surface area (Å²) in [6.45, 7) is 17.8. The van der Waals surface area contributed by atoms with E-state index in [1.807, 2.05) is 0 Å². The summed E-state index contributed by atoms with van der Waals surface area (Å²) in [5, 5.41) is 25.8. The van der Waals surface area contributed by atoms with Crippen LogP contribution in [-0.4, -0.2) is 136 Å². The molecule has 2 atom stereocenters. The van der Waals surface area contributed by atoms with Gasteiger partial charge in [0.2, 0.25) is 59.1 Å². The molecule has 346 valence electrons. The molecule has 0 aromatic heterocycles. The second-order valence-electron chi connectivity index (χ2n) is 18.4. The molecule has 10 amide bonds. The number of hydrogen-bond donors (Lipinski definition) is 13. The molecule has 1 fully saturated rings.